The van der Waals surface area contributed by atoms with Crippen LogP contribution in [-0.4, -0.2) is 25.5 Å². The van der Waals surface area contributed by atoms with E-state index >= 15 is 0 Å². The molecular weight excluding hydrogens is 278 g/mol. The second-order valence-corrected chi connectivity index (χ2v) is 6.03. The lowest BCUT2D eigenvalue weighted by Crippen LogP contribution is -2.15. The van der Waals surface area contributed by atoms with Crippen LogP contribution in [0.2, 0.25) is 0 Å². The Morgan fingerprint density at radius 2 is 1.95 bits per heavy atom. The van der Waals surface area contributed by atoms with Crippen LogP contribution in [0.4, 0.5) is 5.69 Å². The molecule has 0 atom stereocenters. The number of sulfonamides is 1. The van der Waals surface area contributed by atoms with Crippen molar-refractivity contribution in [1.82, 2.24) is 9.97 Å². The number of benzene rings is 1. The Labute approximate surface area is 117 Å². The van der Waals surface area contributed by atoms with Gasteiger partial charge in [-0.3, -0.25) is 4.72 Å². The molecule has 1 N–H and O–H groups in total. The predicted octanol–water partition coefficient (Wildman–Crippen LogP) is 1.74. The lowest BCUT2D eigenvalue weighted by molar-refractivity contribution is 0.380. The minimum Gasteiger partial charge on any atom is -0.467 e. The number of nitrogens with zero attached hydrogens (tertiary/aromatic N) is 2. The quantitative estimate of drug-likeness (QED) is 0.908. The largest absolute Gasteiger partial charge is 0.467 e. The molecule has 7 heteroatoms. The minimum absolute atomic E-state index is 0.0965. The highest BCUT2D eigenvalue weighted by Crippen LogP contribution is 2.13. The van der Waals surface area contributed by atoms with E-state index in [1.54, 1.807) is 6.07 Å². The molecule has 0 saturated heterocycles. The average molecular weight is 293 g/mol. The summed E-state index contributed by atoms with van der Waals surface area (Å²) in [6.45, 7) is 1.92. The molecule has 6 nitrogen and oxygen atoms in total. The molecule has 0 aliphatic heterocycles. The van der Waals surface area contributed by atoms with Gasteiger partial charge < -0.3 is 4.74 Å². The van der Waals surface area contributed by atoms with Crippen molar-refractivity contribution in [3.63, 3.8) is 0 Å². The molecule has 0 saturated carbocycles. The van der Waals surface area contributed by atoms with Gasteiger partial charge in [-0.2, -0.15) is 0 Å². The van der Waals surface area contributed by atoms with Gasteiger partial charge in [-0.1, -0.05) is 29.8 Å². The van der Waals surface area contributed by atoms with Crippen molar-refractivity contribution in [2.75, 3.05) is 11.8 Å². The van der Waals surface area contributed by atoms with Gasteiger partial charge in [0.1, 0.15) is 0 Å². The number of rotatable bonds is 5. The van der Waals surface area contributed by atoms with Crippen LogP contribution in [0.5, 0.6) is 6.01 Å². The van der Waals surface area contributed by atoms with Gasteiger partial charge >= 0.3 is 6.01 Å². The first-order chi connectivity index (χ1) is 9.48. The van der Waals surface area contributed by atoms with Crippen molar-refractivity contribution in [2.45, 2.75) is 12.7 Å². The van der Waals surface area contributed by atoms with Crippen molar-refractivity contribution in [1.29, 1.82) is 0 Å². The van der Waals surface area contributed by atoms with E-state index in [1.165, 1.54) is 19.5 Å². The number of anilines is 1. The van der Waals surface area contributed by atoms with Gasteiger partial charge in [0, 0.05) is 0 Å². The van der Waals surface area contributed by atoms with Crippen molar-refractivity contribution in [2.24, 2.45) is 0 Å². The van der Waals surface area contributed by atoms with Crippen LogP contribution < -0.4 is 9.46 Å². The Kier molecular flexibility index (Phi) is 4.19. The van der Waals surface area contributed by atoms with E-state index in [2.05, 4.69) is 14.7 Å². The summed E-state index contributed by atoms with van der Waals surface area (Å²) < 4.78 is 31.3. The third-order valence-electron chi connectivity index (χ3n) is 2.52. The van der Waals surface area contributed by atoms with Crippen LogP contribution in [0.1, 0.15) is 11.1 Å². The second-order valence-electron chi connectivity index (χ2n) is 4.31. The number of hydrogen-bond donors (Lipinski definition) is 1. The van der Waals surface area contributed by atoms with Crippen molar-refractivity contribution < 1.29 is 13.2 Å². The molecule has 2 rings (SSSR count). The predicted molar refractivity (Wildman–Crippen MR) is 76.0 cm³/mol. The summed E-state index contributed by atoms with van der Waals surface area (Å²) in [4.78, 5) is 7.68. The van der Waals surface area contributed by atoms with Crippen LogP contribution in [0.15, 0.2) is 36.7 Å². The van der Waals surface area contributed by atoms with E-state index in [9.17, 15) is 8.42 Å². The minimum atomic E-state index is -3.49. The SMILES string of the molecule is COc1ncc(NS(=O)(=O)Cc2cccc(C)c2)cn1. The summed E-state index contributed by atoms with van der Waals surface area (Å²) in [5.74, 6) is -0.0965. The van der Waals surface area contributed by atoms with E-state index in [4.69, 9.17) is 4.74 Å². The van der Waals surface area contributed by atoms with Gasteiger partial charge in [-0.05, 0) is 12.5 Å². The molecule has 0 aliphatic carbocycles. The van der Waals surface area contributed by atoms with Gasteiger partial charge in [-0.15, -0.1) is 0 Å². The number of aryl methyl sites for hydroxylation is 1. The monoisotopic (exact) mass is 293 g/mol. The second kappa shape index (κ2) is 5.87. The molecule has 0 unspecified atom stereocenters. The summed E-state index contributed by atoms with van der Waals surface area (Å²) >= 11 is 0. The summed E-state index contributed by atoms with van der Waals surface area (Å²) in [6.07, 6.45) is 2.72. The van der Waals surface area contributed by atoms with E-state index in [-0.39, 0.29) is 11.8 Å². The van der Waals surface area contributed by atoms with Crippen LogP contribution in [0.25, 0.3) is 0 Å². The van der Waals surface area contributed by atoms with Gasteiger partial charge in [-0.25, -0.2) is 18.4 Å². The van der Waals surface area contributed by atoms with Crippen molar-refractivity contribution >= 4 is 15.7 Å². The molecule has 0 aliphatic rings. The molecular formula is C13H15N3O3S. The van der Waals surface area contributed by atoms with E-state index in [0.717, 1.165) is 11.1 Å². The summed E-state index contributed by atoms with van der Waals surface area (Å²) in [5, 5.41) is 0. The molecule has 0 spiro atoms. The summed E-state index contributed by atoms with van der Waals surface area (Å²) in [5.41, 5.74) is 2.05. The average Bonchev–Trinajstić information content (AvgIpc) is 2.38. The standard InChI is InChI=1S/C13H15N3O3S/c1-10-4-3-5-11(6-10)9-20(17,18)16-12-7-14-13(19-2)15-8-12/h3-8,16H,9H2,1-2H3. The molecule has 1 heterocycles. The van der Waals surface area contributed by atoms with Crippen molar-refractivity contribution in [3.8, 4) is 6.01 Å². The van der Waals surface area contributed by atoms with Crippen LogP contribution in [0.3, 0.4) is 0 Å². The smallest absolute Gasteiger partial charge is 0.316 e. The zero-order chi connectivity index (χ0) is 14.6. The molecule has 0 amide bonds. The zero-order valence-electron chi connectivity index (χ0n) is 11.2. The first-order valence-electron chi connectivity index (χ1n) is 5.90. The van der Waals surface area contributed by atoms with Crippen LogP contribution in [-0.2, 0) is 15.8 Å². The van der Waals surface area contributed by atoms with E-state index in [0.29, 0.717) is 5.69 Å². The highest BCUT2D eigenvalue weighted by molar-refractivity contribution is 7.91. The zero-order valence-corrected chi connectivity index (χ0v) is 12.0. The fourth-order valence-electron chi connectivity index (χ4n) is 1.71. The first-order valence-corrected chi connectivity index (χ1v) is 7.56. The van der Waals surface area contributed by atoms with E-state index < -0.39 is 10.0 Å². The van der Waals surface area contributed by atoms with Gasteiger partial charge in [0.05, 0.1) is 30.9 Å². The molecule has 1 aromatic heterocycles. The summed E-state index contributed by atoms with van der Waals surface area (Å²) in [7, 11) is -2.05. The number of aromatic nitrogens is 2. The third-order valence-corrected chi connectivity index (χ3v) is 3.78. The Balaban J connectivity index is 2.10. The number of hydrogen-bond acceptors (Lipinski definition) is 5. The van der Waals surface area contributed by atoms with Crippen LogP contribution in [0, 0.1) is 6.92 Å². The fourth-order valence-corrected chi connectivity index (χ4v) is 2.87. The third kappa shape index (κ3) is 3.92. The number of ether oxygens (including phenoxy) is 1. The fraction of sp³-hybridized carbons (Fsp3) is 0.231. The molecule has 0 radical (unpaired) electrons. The van der Waals surface area contributed by atoms with Gasteiger partial charge in [0.25, 0.3) is 0 Å². The maximum atomic E-state index is 12.0. The highest BCUT2D eigenvalue weighted by Gasteiger charge is 2.12. The molecule has 2 aromatic rings. The topological polar surface area (TPSA) is 81.2 Å². The van der Waals surface area contributed by atoms with Gasteiger partial charge in [0.15, 0.2) is 0 Å². The summed E-state index contributed by atoms with van der Waals surface area (Å²) in [6, 6.07) is 7.55. The molecule has 0 bridgehead atoms. The highest BCUT2D eigenvalue weighted by atomic mass is 32.2. The molecule has 20 heavy (non-hydrogen) atoms. The first kappa shape index (κ1) is 14.3. The van der Waals surface area contributed by atoms with Crippen LogP contribution >= 0.6 is 0 Å². The van der Waals surface area contributed by atoms with Crippen molar-refractivity contribution in [3.05, 3.63) is 47.8 Å². The molecule has 106 valence electrons. The maximum Gasteiger partial charge on any atom is 0.316 e. The van der Waals surface area contributed by atoms with E-state index in [1.807, 2.05) is 25.1 Å². The Hall–Kier alpha value is -2.15. The molecule has 0 fully saturated rings. The Morgan fingerprint density at radius 3 is 2.55 bits per heavy atom. The maximum absolute atomic E-state index is 12.0. The normalized spacial score (nSPS) is 11.1. The number of nitrogens with one attached hydrogen (secondary N) is 1. The molecule has 1 aromatic carbocycles. The Bertz CT molecular complexity index is 684. The lowest BCUT2D eigenvalue weighted by Gasteiger charge is -2.08. The lowest BCUT2D eigenvalue weighted by atomic mass is 10.2. The van der Waals surface area contributed by atoms with Gasteiger partial charge in [0.2, 0.25) is 10.0 Å². The Morgan fingerprint density at radius 1 is 1.25 bits per heavy atom. The number of methoxy groups -OCH3 is 1.